The second-order valence-electron chi connectivity index (χ2n) is 9.96. The quantitative estimate of drug-likeness (QED) is 0.365. The van der Waals surface area contributed by atoms with Crippen molar-refractivity contribution in [2.24, 2.45) is 16.2 Å². The Morgan fingerprint density at radius 3 is 1.82 bits per heavy atom. The van der Waals surface area contributed by atoms with Gasteiger partial charge in [-0.05, 0) is 52.6 Å². The number of rotatable bonds is 12. The number of esters is 2. The number of likely N-dealkylation sites (N-methyl/N-ethyl adjacent to an activating group) is 1. The first kappa shape index (κ1) is 27.0. The van der Waals surface area contributed by atoms with E-state index in [1.165, 1.54) is 0 Å². The second kappa shape index (κ2) is 10.1. The highest BCUT2D eigenvalue weighted by Crippen LogP contribution is 2.58. The zero-order valence-electron chi connectivity index (χ0n) is 19.9. The normalized spacial score (nSPS) is 15.2. The predicted octanol–water partition coefficient (Wildman–Crippen LogP) is 4.25. The van der Waals surface area contributed by atoms with Crippen molar-refractivity contribution in [3.63, 3.8) is 0 Å². The molecule has 0 saturated carbocycles. The van der Waals surface area contributed by atoms with Crippen LogP contribution < -0.4 is 0 Å². The van der Waals surface area contributed by atoms with Crippen LogP contribution in [0.3, 0.4) is 0 Å². The number of hydrogen-bond donors (Lipinski definition) is 0. The highest BCUT2D eigenvalue weighted by atomic mass is 16.5. The first-order chi connectivity index (χ1) is 12.6. The average Bonchev–Trinajstić information content (AvgIpc) is 2.56. The van der Waals surface area contributed by atoms with Gasteiger partial charge in [0.25, 0.3) is 0 Å². The van der Waals surface area contributed by atoms with E-state index in [2.05, 4.69) is 11.8 Å². The van der Waals surface area contributed by atoms with E-state index in [0.29, 0.717) is 26.2 Å². The molecule has 162 valence electrons. The summed E-state index contributed by atoms with van der Waals surface area (Å²) in [6, 6.07) is 0. The summed E-state index contributed by atoms with van der Waals surface area (Å²) in [6.07, 6.45) is 1.22. The molecule has 0 saturated heterocycles. The molecule has 0 bridgehead atoms. The Bertz CT molecular complexity index is 525. The Kier molecular flexibility index (Phi) is 9.76. The fraction of sp³-hybridized carbons (Fsp3) is 0.909. The lowest BCUT2D eigenvalue weighted by atomic mass is 9.44. The summed E-state index contributed by atoms with van der Waals surface area (Å²) in [5.74, 6) is -0.579. The summed E-state index contributed by atoms with van der Waals surface area (Å²) in [5, 5.41) is -0.840. The van der Waals surface area contributed by atoms with Crippen LogP contribution in [0.5, 0.6) is 0 Å². The van der Waals surface area contributed by atoms with E-state index < -0.39 is 21.6 Å². The lowest BCUT2D eigenvalue weighted by Gasteiger charge is -2.52. The Morgan fingerprint density at radius 2 is 1.39 bits per heavy atom. The smallest absolute Gasteiger partial charge is 0.312 e. The van der Waals surface area contributed by atoms with Crippen molar-refractivity contribution in [2.45, 2.75) is 80.5 Å². The molecular weight excluding hydrogens is 353 g/mol. The maximum Gasteiger partial charge on any atom is 0.312 e. The molecule has 1 unspecified atom stereocenters. The molecule has 0 amide bonds. The fourth-order valence-electron chi connectivity index (χ4n) is 3.75. The third kappa shape index (κ3) is 6.50. The summed E-state index contributed by atoms with van der Waals surface area (Å²) in [5.41, 5.74) is -2.34. The minimum Gasteiger partial charge on any atom is -0.465 e. The van der Waals surface area contributed by atoms with E-state index in [0.717, 1.165) is 13.0 Å². The van der Waals surface area contributed by atoms with Crippen molar-refractivity contribution in [1.82, 2.24) is 4.90 Å². The van der Waals surface area contributed by atoms with Crippen LogP contribution in [-0.2, 0) is 19.1 Å². The Labute approximate surface area is 174 Å². The molecule has 6 heteroatoms. The summed E-state index contributed by atoms with van der Waals surface area (Å²) in [6.45, 7) is 19.5. The van der Waals surface area contributed by atoms with Gasteiger partial charge < -0.3 is 14.4 Å². The molecule has 0 aliphatic carbocycles. The van der Waals surface area contributed by atoms with Crippen molar-refractivity contribution >= 4 is 19.8 Å². The van der Waals surface area contributed by atoms with Gasteiger partial charge in [-0.25, -0.2) is 0 Å². The van der Waals surface area contributed by atoms with Crippen LogP contribution >= 0.6 is 0 Å². The largest absolute Gasteiger partial charge is 0.465 e. The van der Waals surface area contributed by atoms with E-state index in [9.17, 15) is 9.59 Å². The van der Waals surface area contributed by atoms with Gasteiger partial charge in [0.1, 0.15) is 6.61 Å². The molecule has 0 aliphatic rings. The van der Waals surface area contributed by atoms with Gasteiger partial charge in [0.15, 0.2) is 0 Å². The standard InChI is InChI=1S/C22H42BNO4/c1-11-14-27-17(25)19(3,4)16-20(5,6)22(9,21(7,8)23)18(26)28-15-13-24(10)12-2/h11-16H2,1-10H3. The van der Waals surface area contributed by atoms with E-state index >= 15 is 0 Å². The van der Waals surface area contributed by atoms with Gasteiger partial charge in [-0.1, -0.05) is 46.9 Å². The number of hydrogen-bond acceptors (Lipinski definition) is 5. The maximum absolute atomic E-state index is 13.2. The zero-order chi connectivity index (χ0) is 22.4. The molecule has 0 rings (SSSR count). The minimum absolute atomic E-state index is 0.252. The van der Waals surface area contributed by atoms with Crippen molar-refractivity contribution in [2.75, 3.05) is 33.4 Å². The highest BCUT2D eigenvalue weighted by molar-refractivity contribution is 6.17. The van der Waals surface area contributed by atoms with Crippen molar-refractivity contribution in [3.05, 3.63) is 0 Å². The SMILES string of the molecule is [B]C(C)(C)C(C)(C(=O)OCCN(C)CC)C(C)(C)CC(C)(C)C(=O)OCCC. The number of nitrogens with zero attached hydrogens (tertiary/aromatic N) is 1. The first-order valence-electron chi connectivity index (χ1n) is 10.4. The molecular formula is C22H42BNO4. The fourth-order valence-corrected chi connectivity index (χ4v) is 3.75. The van der Waals surface area contributed by atoms with Crippen LogP contribution in [0.1, 0.15) is 75.2 Å². The summed E-state index contributed by atoms with van der Waals surface area (Å²) in [7, 11) is 8.49. The lowest BCUT2D eigenvalue weighted by molar-refractivity contribution is -0.172. The number of carbonyl (C=O) groups excluding carboxylic acids is 2. The molecule has 28 heavy (non-hydrogen) atoms. The van der Waals surface area contributed by atoms with E-state index in [1.54, 1.807) is 0 Å². The number of carbonyl (C=O) groups is 2. The molecule has 0 N–H and O–H groups in total. The molecule has 0 spiro atoms. The molecule has 1 atom stereocenters. The van der Waals surface area contributed by atoms with Crippen molar-refractivity contribution in [3.8, 4) is 0 Å². The van der Waals surface area contributed by atoms with Gasteiger partial charge >= 0.3 is 11.9 Å². The average molecular weight is 395 g/mol. The van der Waals surface area contributed by atoms with Crippen LogP contribution in [-0.4, -0.2) is 58.0 Å². The summed E-state index contributed by atoms with van der Waals surface area (Å²) in [4.78, 5) is 27.9. The monoisotopic (exact) mass is 395 g/mol. The van der Waals surface area contributed by atoms with Crippen LogP contribution in [0, 0.1) is 16.2 Å². The van der Waals surface area contributed by atoms with Crippen LogP contribution in [0.2, 0.25) is 5.31 Å². The third-order valence-electron chi connectivity index (χ3n) is 6.17. The molecule has 0 aromatic carbocycles. The van der Waals surface area contributed by atoms with Gasteiger partial charge in [0.05, 0.1) is 25.3 Å². The highest BCUT2D eigenvalue weighted by Gasteiger charge is 2.57. The van der Waals surface area contributed by atoms with E-state index in [-0.39, 0.29) is 11.9 Å². The van der Waals surface area contributed by atoms with Gasteiger partial charge in [-0.3, -0.25) is 9.59 Å². The lowest BCUT2D eigenvalue weighted by Crippen LogP contribution is -2.52. The van der Waals surface area contributed by atoms with Crippen molar-refractivity contribution in [1.29, 1.82) is 0 Å². The molecule has 5 nitrogen and oxygen atoms in total. The summed E-state index contributed by atoms with van der Waals surface area (Å²) < 4.78 is 11.0. The predicted molar refractivity (Wildman–Crippen MR) is 115 cm³/mol. The molecule has 2 radical (unpaired) electrons. The van der Waals surface area contributed by atoms with Crippen LogP contribution in [0.15, 0.2) is 0 Å². The molecule has 0 heterocycles. The summed E-state index contributed by atoms with van der Waals surface area (Å²) >= 11 is 0. The maximum atomic E-state index is 13.2. The van der Waals surface area contributed by atoms with Gasteiger partial charge in [-0.15, -0.1) is 0 Å². The zero-order valence-corrected chi connectivity index (χ0v) is 19.9. The molecule has 0 aromatic rings. The molecule has 0 fully saturated rings. The van der Waals surface area contributed by atoms with Gasteiger partial charge in [-0.2, -0.15) is 0 Å². The Balaban J connectivity index is 5.61. The third-order valence-corrected chi connectivity index (χ3v) is 6.17. The van der Waals surface area contributed by atoms with E-state index in [4.69, 9.17) is 17.3 Å². The Morgan fingerprint density at radius 1 is 0.893 bits per heavy atom. The van der Waals surface area contributed by atoms with Gasteiger partial charge in [0, 0.05) is 6.54 Å². The van der Waals surface area contributed by atoms with Gasteiger partial charge in [0.2, 0.25) is 0 Å². The molecule has 0 aromatic heterocycles. The minimum atomic E-state index is -0.993. The van der Waals surface area contributed by atoms with E-state index in [1.807, 2.05) is 62.4 Å². The van der Waals surface area contributed by atoms with Crippen molar-refractivity contribution < 1.29 is 19.1 Å². The number of ether oxygens (including phenoxy) is 2. The van der Waals surface area contributed by atoms with Crippen LogP contribution in [0.4, 0.5) is 0 Å². The Hall–Kier alpha value is -1.04. The molecule has 0 aliphatic heterocycles. The topological polar surface area (TPSA) is 55.8 Å². The van der Waals surface area contributed by atoms with Crippen LogP contribution in [0.25, 0.3) is 0 Å². The second-order valence-corrected chi connectivity index (χ2v) is 9.96. The first-order valence-corrected chi connectivity index (χ1v) is 10.4.